The molecular weight excluding hydrogens is 376 g/mol. The Morgan fingerprint density at radius 3 is 2.14 bits per heavy atom. The topological polar surface area (TPSA) is 125 Å². The van der Waals surface area contributed by atoms with E-state index >= 15 is 0 Å². The van der Waals surface area contributed by atoms with Crippen LogP contribution in [0.4, 0.5) is 4.79 Å². The molecule has 2 aromatic rings. The first-order chi connectivity index (χ1) is 14.1. The van der Waals surface area contributed by atoms with Gasteiger partial charge in [-0.2, -0.15) is 0 Å². The highest BCUT2D eigenvalue weighted by molar-refractivity contribution is 5.83. The number of likely N-dealkylation sites (tertiary alicyclic amines) is 1. The normalized spacial score (nSPS) is 20.6. The van der Waals surface area contributed by atoms with Gasteiger partial charge in [-0.05, 0) is 16.7 Å². The third-order valence-corrected chi connectivity index (χ3v) is 4.54. The van der Waals surface area contributed by atoms with Crippen LogP contribution >= 0.6 is 0 Å². The number of nitrogens with zero attached hydrogens (tertiary/aromatic N) is 4. The maximum absolute atomic E-state index is 12.6. The molecule has 3 rings (SSSR count). The van der Waals surface area contributed by atoms with Crippen molar-refractivity contribution in [1.29, 1.82) is 0 Å². The largest absolute Gasteiger partial charge is 0.459 e. The Kier molecular flexibility index (Phi) is 6.67. The van der Waals surface area contributed by atoms with E-state index in [1.807, 2.05) is 24.3 Å². The van der Waals surface area contributed by atoms with E-state index in [1.165, 1.54) is 0 Å². The van der Waals surface area contributed by atoms with E-state index in [2.05, 4.69) is 10.0 Å². The average Bonchev–Trinajstić information content (AvgIpc) is 3.08. The lowest BCUT2D eigenvalue weighted by Gasteiger charge is -2.24. The van der Waals surface area contributed by atoms with Crippen molar-refractivity contribution in [2.75, 3.05) is 6.54 Å². The Balaban J connectivity index is 1.69. The highest BCUT2D eigenvalue weighted by atomic mass is 16.6. The van der Waals surface area contributed by atoms with Gasteiger partial charge in [0.1, 0.15) is 13.2 Å². The van der Waals surface area contributed by atoms with Gasteiger partial charge in [0, 0.05) is 11.5 Å². The van der Waals surface area contributed by atoms with Gasteiger partial charge < -0.3 is 14.6 Å². The maximum atomic E-state index is 12.6. The van der Waals surface area contributed by atoms with Gasteiger partial charge >= 0.3 is 12.1 Å². The van der Waals surface area contributed by atoms with Crippen molar-refractivity contribution in [3.63, 3.8) is 0 Å². The summed E-state index contributed by atoms with van der Waals surface area (Å²) in [5.74, 6) is -0.798. The van der Waals surface area contributed by atoms with Gasteiger partial charge in [0.2, 0.25) is 0 Å². The van der Waals surface area contributed by atoms with Crippen LogP contribution < -0.4 is 0 Å². The fraction of sp³-hybridized carbons (Fsp3) is 0.300. The van der Waals surface area contributed by atoms with E-state index in [9.17, 15) is 14.7 Å². The lowest BCUT2D eigenvalue weighted by molar-refractivity contribution is -0.152. The third kappa shape index (κ3) is 5.04. The molecule has 1 N–H and O–H groups in total. The number of carbonyl (C=O) groups excluding carboxylic acids is 2. The van der Waals surface area contributed by atoms with E-state index in [1.54, 1.807) is 36.4 Å². The number of carbonyl (C=O) groups is 2. The van der Waals surface area contributed by atoms with Crippen LogP contribution in [0.5, 0.6) is 0 Å². The SMILES string of the molecule is [N-]=[N+]=N[C@H]1CN(C(=O)OCc2ccccc2)[C@H](C(=O)OCc2ccccc2)[C@@H]1O. The van der Waals surface area contributed by atoms with Gasteiger partial charge in [-0.1, -0.05) is 65.8 Å². The smallest absolute Gasteiger partial charge is 0.410 e. The Morgan fingerprint density at radius 1 is 1.03 bits per heavy atom. The molecule has 1 heterocycles. The highest BCUT2D eigenvalue weighted by Crippen LogP contribution is 2.24. The number of benzene rings is 2. The molecule has 0 bridgehead atoms. The molecule has 0 saturated carbocycles. The number of esters is 1. The second kappa shape index (κ2) is 9.59. The Labute approximate surface area is 167 Å². The van der Waals surface area contributed by atoms with Crippen molar-refractivity contribution < 1.29 is 24.2 Å². The van der Waals surface area contributed by atoms with Gasteiger partial charge in [-0.15, -0.1) is 0 Å². The molecule has 0 unspecified atom stereocenters. The van der Waals surface area contributed by atoms with Gasteiger partial charge in [-0.3, -0.25) is 4.90 Å². The molecule has 0 aliphatic carbocycles. The molecule has 1 fully saturated rings. The van der Waals surface area contributed by atoms with Crippen LogP contribution in [0.15, 0.2) is 65.8 Å². The second-order valence-electron chi connectivity index (χ2n) is 6.49. The summed E-state index contributed by atoms with van der Waals surface area (Å²) in [6, 6.07) is 15.8. The van der Waals surface area contributed by atoms with Gasteiger partial charge in [0.15, 0.2) is 6.04 Å². The molecule has 29 heavy (non-hydrogen) atoms. The Hall–Kier alpha value is -3.55. The minimum absolute atomic E-state index is 0.00420. The lowest BCUT2D eigenvalue weighted by atomic mass is 10.1. The Bertz CT molecular complexity index is 886. The molecule has 9 heteroatoms. The molecule has 9 nitrogen and oxygen atoms in total. The summed E-state index contributed by atoms with van der Waals surface area (Å²) in [5.41, 5.74) is 10.2. The summed E-state index contributed by atoms with van der Waals surface area (Å²) in [5, 5.41) is 13.9. The van der Waals surface area contributed by atoms with Crippen molar-refractivity contribution >= 4 is 12.1 Å². The molecule has 0 aromatic heterocycles. The number of aliphatic hydroxyl groups is 1. The van der Waals surface area contributed by atoms with Crippen LogP contribution in [0.2, 0.25) is 0 Å². The van der Waals surface area contributed by atoms with Crippen LogP contribution in [0.1, 0.15) is 11.1 Å². The zero-order valence-corrected chi connectivity index (χ0v) is 15.5. The second-order valence-corrected chi connectivity index (χ2v) is 6.49. The van der Waals surface area contributed by atoms with Crippen molar-refractivity contribution in [2.24, 2.45) is 5.11 Å². The molecule has 2 aromatic carbocycles. The monoisotopic (exact) mass is 396 g/mol. The third-order valence-electron chi connectivity index (χ3n) is 4.54. The predicted molar refractivity (Wildman–Crippen MR) is 102 cm³/mol. The molecule has 150 valence electrons. The predicted octanol–water partition coefficient (Wildman–Crippen LogP) is 2.79. The number of azide groups is 1. The van der Waals surface area contributed by atoms with Gasteiger partial charge in [-0.25, -0.2) is 9.59 Å². The fourth-order valence-electron chi connectivity index (χ4n) is 3.06. The summed E-state index contributed by atoms with van der Waals surface area (Å²) in [4.78, 5) is 28.9. The molecular formula is C20H20N4O5. The van der Waals surface area contributed by atoms with Gasteiger partial charge in [0.05, 0.1) is 12.1 Å². The summed E-state index contributed by atoms with van der Waals surface area (Å²) < 4.78 is 10.5. The van der Waals surface area contributed by atoms with Crippen molar-refractivity contribution in [3.05, 3.63) is 82.2 Å². The summed E-state index contributed by atoms with van der Waals surface area (Å²) >= 11 is 0. The maximum Gasteiger partial charge on any atom is 0.410 e. The van der Waals surface area contributed by atoms with E-state index in [-0.39, 0.29) is 19.8 Å². The first kappa shape index (κ1) is 20.2. The highest BCUT2D eigenvalue weighted by Gasteiger charge is 2.48. The van der Waals surface area contributed by atoms with Crippen molar-refractivity contribution in [3.8, 4) is 0 Å². The van der Waals surface area contributed by atoms with Crippen LogP contribution in [-0.2, 0) is 27.5 Å². The quantitative estimate of drug-likeness (QED) is 0.348. The van der Waals surface area contributed by atoms with Crippen molar-refractivity contribution in [2.45, 2.75) is 31.4 Å². The summed E-state index contributed by atoms with van der Waals surface area (Å²) in [6.45, 7) is -0.157. The van der Waals surface area contributed by atoms with Crippen LogP contribution in [-0.4, -0.2) is 46.8 Å². The van der Waals surface area contributed by atoms with E-state index in [0.717, 1.165) is 16.0 Å². The minimum atomic E-state index is -1.39. The van der Waals surface area contributed by atoms with Gasteiger partial charge in [0.25, 0.3) is 0 Å². The lowest BCUT2D eigenvalue weighted by Crippen LogP contribution is -2.46. The number of ether oxygens (including phenoxy) is 2. The van der Waals surface area contributed by atoms with Crippen molar-refractivity contribution in [1.82, 2.24) is 4.90 Å². The Morgan fingerprint density at radius 2 is 1.59 bits per heavy atom. The molecule has 1 aliphatic heterocycles. The molecule has 1 saturated heterocycles. The molecule has 1 amide bonds. The standard InChI is InChI=1S/C20H20N4O5/c21-23-22-16-11-24(20(27)29-13-15-9-5-2-6-10-15)17(18(16)25)19(26)28-12-14-7-3-1-4-8-14/h1-10,16-18,25H,11-13H2/t16-,17-,18+/m0/s1. The number of hydrogen-bond acceptors (Lipinski definition) is 6. The number of aliphatic hydroxyl groups excluding tert-OH is 1. The molecule has 3 atom stereocenters. The zero-order chi connectivity index (χ0) is 20.6. The first-order valence-electron chi connectivity index (χ1n) is 9.00. The first-order valence-corrected chi connectivity index (χ1v) is 9.00. The van der Waals surface area contributed by atoms with Crippen LogP contribution in [0, 0.1) is 0 Å². The summed E-state index contributed by atoms with van der Waals surface area (Å²) in [7, 11) is 0. The molecule has 0 spiro atoms. The molecule has 0 radical (unpaired) electrons. The number of hydrogen-bond donors (Lipinski definition) is 1. The van der Waals surface area contributed by atoms with E-state index < -0.39 is 30.3 Å². The average molecular weight is 396 g/mol. The zero-order valence-electron chi connectivity index (χ0n) is 15.5. The molecule has 1 aliphatic rings. The van der Waals surface area contributed by atoms with E-state index in [0.29, 0.717) is 0 Å². The minimum Gasteiger partial charge on any atom is -0.459 e. The van der Waals surface area contributed by atoms with E-state index in [4.69, 9.17) is 15.0 Å². The van der Waals surface area contributed by atoms with Crippen LogP contribution in [0.3, 0.4) is 0 Å². The number of rotatable bonds is 6. The summed E-state index contributed by atoms with van der Waals surface area (Å²) in [6.07, 6.45) is -2.19. The van der Waals surface area contributed by atoms with Crippen LogP contribution in [0.25, 0.3) is 10.4 Å². The fourth-order valence-corrected chi connectivity index (χ4v) is 3.06. The number of amides is 1.